The zero-order valence-corrected chi connectivity index (χ0v) is 18.1. The van der Waals surface area contributed by atoms with Gasteiger partial charge in [-0.3, -0.25) is 4.79 Å². The highest BCUT2D eigenvalue weighted by Gasteiger charge is 2.14. The molecular formula is C24H24N4O2S. The first-order chi connectivity index (χ1) is 15.2. The second-order valence-corrected chi connectivity index (χ2v) is 7.93. The SMILES string of the molecule is COc1ccc(CNC(=O)CSCc2cnn(-c3ccccc3)c2-n2cccc2)cc1. The normalized spacial score (nSPS) is 10.7. The van der Waals surface area contributed by atoms with Crippen LogP contribution in [-0.4, -0.2) is 33.1 Å². The topological polar surface area (TPSA) is 61.1 Å². The summed E-state index contributed by atoms with van der Waals surface area (Å²) in [6.07, 6.45) is 5.89. The molecule has 0 spiro atoms. The number of carbonyl (C=O) groups excluding carboxylic acids is 1. The molecule has 0 saturated heterocycles. The average molecular weight is 433 g/mol. The maximum atomic E-state index is 12.3. The fraction of sp³-hybridized carbons (Fsp3) is 0.167. The van der Waals surface area contributed by atoms with Gasteiger partial charge in [0.2, 0.25) is 5.91 Å². The van der Waals surface area contributed by atoms with Gasteiger partial charge in [0.25, 0.3) is 0 Å². The second kappa shape index (κ2) is 10.0. The molecule has 0 aliphatic carbocycles. The van der Waals surface area contributed by atoms with Gasteiger partial charge in [0, 0.05) is 30.3 Å². The van der Waals surface area contributed by atoms with Gasteiger partial charge < -0.3 is 14.6 Å². The minimum atomic E-state index is 0.0128. The Hall–Kier alpha value is -3.45. The van der Waals surface area contributed by atoms with Crippen LogP contribution in [0.2, 0.25) is 0 Å². The van der Waals surface area contributed by atoms with E-state index in [9.17, 15) is 4.79 Å². The number of methoxy groups -OCH3 is 1. The summed E-state index contributed by atoms with van der Waals surface area (Å²) in [6, 6.07) is 21.7. The van der Waals surface area contributed by atoms with Crippen LogP contribution >= 0.6 is 11.8 Å². The van der Waals surface area contributed by atoms with E-state index in [1.165, 1.54) is 0 Å². The Morgan fingerprint density at radius 3 is 2.48 bits per heavy atom. The van der Waals surface area contributed by atoms with Gasteiger partial charge in [-0.05, 0) is 42.0 Å². The molecule has 0 atom stereocenters. The van der Waals surface area contributed by atoms with Crippen LogP contribution in [-0.2, 0) is 17.1 Å². The fourth-order valence-corrected chi connectivity index (χ4v) is 4.05. The van der Waals surface area contributed by atoms with Gasteiger partial charge in [0.1, 0.15) is 11.6 Å². The lowest BCUT2D eigenvalue weighted by Gasteiger charge is -2.11. The summed E-state index contributed by atoms with van der Waals surface area (Å²) in [6.45, 7) is 0.504. The quantitative estimate of drug-likeness (QED) is 0.430. The van der Waals surface area contributed by atoms with Crippen LogP contribution in [0.3, 0.4) is 0 Å². The maximum Gasteiger partial charge on any atom is 0.230 e. The number of amides is 1. The van der Waals surface area contributed by atoms with Crippen molar-refractivity contribution in [3.8, 4) is 17.3 Å². The summed E-state index contributed by atoms with van der Waals surface area (Å²) in [5.41, 5.74) is 3.12. The molecule has 2 aromatic heterocycles. The number of rotatable bonds is 9. The Kier molecular flexibility index (Phi) is 6.74. The number of nitrogens with zero attached hydrogens (tertiary/aromatic N) is 3. The lowest BCUT2D eigenvalue weighted by atomic mass is 10.2. The zero-order chi connectivity index (χ0) is 21.5. The summed E-state index contributed by atoms with van der Waals surface area (Å²) in [7, 11) is 1.64. The van der Waals surface area contributed by atoms with Crippen molar-refractivity contribution < 1.29 is 9.53 Å². The van der Waals surface area contributed by atoms with Gasteiger partial charge in [0.15, 0.2) is 0 Å². The first kappa shape index (κ1) is 20.8. The van der Waals surface area contributed by atoms with E-state index >= 15 is 0 Å². The Morgan fingerprint density at radius 2 is 1.77 bits per heavy atom. The molecule has 2 heterocycles. The van der Waals surface area contributed by atoms with Gasteiger partial charge in [-0.25, -0.2) is 4.68 Å². The molecule has 0 bridgehead atoms. The van der Waals surface area contributed by atoms with Crippen LogP contribution in [0.25, 0.3) is 11.5 Å². The highest BCUT2D eigenvalue weighted by molar-refractivity contribution is 7.99. The number of hydrogen-bond donors (Lipinski definition) is 1. The standard InChI is InChI=1S/C24H24N4O2S/c1-30-22-11-9-19(10-12-22)15-25-23(29)18-31-17-20-16-26-28(21-7-3-2-4-8-21)24(20)27-13-5-6-14-27/h2-14,16H,15,17-18H2,1H3,(H,25,29). The van der Waals surface area contributed by atoms with E-state index in [0.29, 0.717) is 18.1 Å². The molecule has 7 heteroatoms. The van der Waals surface area contributed by atoms with Gasteiger partial charge in [-0.2, -0.15) is 5.10 Å². The molecule has 0 aliphatic rings. The molecule has 0 unspecified atom stereocenters. The summed E-state index contributed by atoms with van der Waals surface area (Å²) in [4.78, 5) is 12.3. The first-order valence-electron chi connectivity index (χ1n) is 9.97. The van der Waals surface area contributed by atoms with Crippen molar-refractivity contribution in [2.45, 2.75) is 12.3 Å². The number of benzene rings is 2. The third kappa shape index (κ3) is 5.19. The largest absolute Gasteiger partial charge is 0.497 e. The Balaban J connectivity index is 1.37. The monoisotopic (exact) mass is 432 g/mol. The van der Waals surface area contributed by atoms with E-state index in [1.807, 2.05) is 90.0 Å². The smallest absolute Gasteiger partial charge is 0.230 e. The zero-order valence-electron chi connectivity index (χ0n) is 17.3. The highest BCUT2D eigenvalue weighted by atomic mass is 32.2. The van der Waals surface area contributed by atoms with Crippen molar-refractivity contribution in [1.82, 2.24) is 19.7 Å². The summed E-state index contributed by atoms with van der Waals surface area (Å²) >= 11 is 1.58. The molecule has 0 saturated carbocycles. The summed E-state index contributed by atoms with van der Waals surface area (Å²) in [5, 5.41) is 7.57. The van der Waals surface area contributed by atoms with Crippen LogP contribution in [0.1, 0.15) is 11.1 Å². The molecule has 0 fully saturated rings. The van der Waals surface area contributed by atoms with Crippen LogP contribution in [0.4, 0.5) is 0 Å². The van der Waals surface area contributed by atoms with Gasteiger partial charge in [-0.1, -0.05) is 30.3 Å². The Labute approximate surface area is 185 Å². The van der Waals surface area contributed by atoms with Crippen molar-refractivity contribution in [3.63, 3.8) is 0 Å². The molecule has 4 rings (SSSR count). The van der Waals surface area contributed by atoms with Crippen molar-refractivity contribution in [2.24, 2.45) is 0 Å². The number of para-hydroxylation sites is 1. The fourth-order valence-electron chi connectivity index (χ4n) is 3.24. The number of carbonyl (C=O) groups is 1. The van der Waals surface area contributed by atoms with E-state index < -0.39 is 0 Å². The predicted molar refractivity (Wildman–Crippen MR) is 124 cm³/mol. The molecule has 6 nitrogen and oxygen atoms in total. The van der Waals surface area contributed by atoms with E-state index in [2.05, 4.69) is 15.0 Å². The van der Waals surface area contributed by atoms with Gasteiger partial charge >= 0.3 is 0 Å². The molecule has 158 valence electrons. The Bertz CT molecular complexity index is 1110. The maximum absolute atomic E-state index is 12.3. The van der Waals surface area contributed by atoms with Crippen molar-refractivity contribution in [2.75, 3.05) is 12.9 Å². The number of ether oxygens (including phenoxy) is 1. The first-order valence-corrected chi connectivity index (χ1v) is 11.1. The molecule has 2 aromatic carbocycles. The third-order valence-electron chi connectivity index (χ3n) is 4.81. The molecular weight excluding hydrogens is 408 g/mol. The summed E-state index contributed by atoms with van der Waals surface area (Å²) in [5.74, 6) is 2.88. The average Bonchev–Trinajstić information content (AvgIpc) is 3.48. The van der Waals surface area contributed by atoms with Gasteiger partial charge in [0.05, 0.1) is 24.7 Å². The van der Waals surface area contributed by atoms with Crippen molar-refractivity contribution in [3.05, 3.63) is 96.4 Å². The minimum absolute atomic E-state index is 0.0128. The number of hydrogen-bond acceptors (Lipinski definition) is 4. The van der Waals surface area contributed by atoms with Crippen molar-refractivity contribution >= 4 is 17.7 Å². The van der Waals surface area contributed by atoms with Crippen LogP contribution < -0.4 is 10.1 Å². The lowest BCUT2D eigenvalue weighted by molar-refractivity contribution is -0.118. The van der Waals surface area contributed by atoms with Crippen LogP contribution in [0, 0.1) is 0 Å². The number of thioether (sulfide) groups is 1. The van der Waals surface area contributed by atoms with Gasteiger partial charge in [-0.15, -0.1) is 11.8 Å². The molecule has 31 heavy (non-hydrogen) atoms. The molecule has 0 aliphatic heterocycles. The predicted octanol–water partition coefficient (Wildman–Crippen LogP) is 4.22. The van der Waals surface area contributed by atoms with E-state index in [1.54, 1.807) is 18.9 Å². The van der Waals surface area contributed by atoms with E-state index in [-0.39, 0.29) is 5.91 Å². The van der Waals surface area contributed by atoms with E-state index in [4.69, 9.17) is 4.74 Å². The van der Waals surface area contributed by atoms with Crippen LogP contribution in [0.15, 0.2) is 85.3 Å². The van der Waals surface area contributed by atoms with Crippen molar-refractivity contribution in [1.29, 1.82) is 0 Å². The second-order valence-electron chi connectivity index (χ2n) is 6.95. The molecule has 0 radical (unpaired) electrons. The molecule has 1 amide bonds. The lowest BCUT2D eigenvalue weighted by Crippen LogP contribution is -2.24. The van der Waals surface area contributed by atoms with E-state index in [0.717, 1.165) is 28.4 Å². The third-order valence-corrected chi connectivity index (χ3v) is 5.79. The minimum Gasteiger partial charge on any atom is -0.497 e. The Morgan fingerprint density at radius 1 is 1.03 bits per heavy atom. The molecule has 4 aromatic rings. The highest BCUT2D eigenvalue weighted by Crippen LogP contribution is 2.23. The van der Waals surface area contributed by atoms with Crippen LogP contribution in [0.5, 0.6) is 5.75 Å². The number of aromatic nitrogens is 3. The number of nitrogens with one attached hydrogen (secondary N) is 1. The molecule has 1 N–H and O–H groups in total. The summed E-state index contributed by atoms with van der Waals surface area (Å²) < 4.78 is 9.14.